The van der Waals surface area contributed by atoms with Crippen molar-refractivity contribution in [3.05, 3.63) is 10.6 Å². The molecule has 0 spiro atoms. The molecule has 0 unspecified atom stereocenters. The van der Waals surface area contributed by atoms with E-state index in [2.05, 4.69) is 45.0 Å². The second-order valence-electron chi connectivity index (χ2n) is 5.92. The third-order valence-corrected chi connectivity index (χ3v) is 4.20. The van der Waals surface area contributed by atoms with Crippen molar-refractivity contribution in [1.82, 2.24) is 10.3 Å². The zero-order chi connectivity index (χ0) is 15.2. The van der Waals surface area contributed by atoms with E-state index >= 15 is 0 Å². The van der Waals surface area contributed by atoms with Gasteiger partial charge in [-0.05, 0) is 13.5 Å². The number of ether oxygens (including phenoxy) is 1. The number of hydrogen-bond acceptors (Lipinski definition) is 5. The first-order valence-corrected chi connectivity index (χ1v) is 8.21. The number of hydrogen-bond donors (Lipinski definition) is 1. The van der Waals surface area contributed by atoms with E-state index in [9.17, 15) is 0 Å². The molecule has 0 fully saturated rings. The van der Waals surface area contributed by atoms with Crippen molar-refractivity contribution in [2.45, 2.75) is 46.6 Å². The van der Waals surface area contributed by atoms with Crippen molar-refractivity contribution in [3.63, 3.8) is 0 Å². The van der Waals surface area contributed by atoms with Crippen LogP contribution in [0.2, 0.25) is 0 Å². The summed E-state index contributed by atoms with van der Waals surface area (Å²) in [7, 11) is 2.08. The third kappa shape index (κ3) is 5.04. The van der Waals surface area contributed by atoms with E-state index in [4.69, 9.17) is 9.72 Å². The summed E-state index contributed by atoms with van der Waals surface area (Å²) in [5, 5.41) is 4.49. The number of nitrogens with one attached hydrogen (secondary N) is 1. The van der Waals surface area contributed by atoms with Crippen molar-refractivity contribution < 1.29 is 4.74 Å². The Bertz CT molecular complexity index is 398. The molecule has 0 saturated carbocycles. The van der Waals surface area contributed by atoms with E-state index in [0.29, 0.717) is 0 Å². The van der Waals surface area contributed by atoms with Crippen LogP contribution in [0.3, 0.4) is 0 Å². The van der Waals surface area contributed by atoms with Crippen LogP contribution in [0.25, 0.3) is 0 Å². The second-order valence-corrected chi connectivity index (χ2v) is 6.98. The Hall–Kier alpha value is -0.650. The molecule has 0 radical (unpaired) electrons. The van der Waals surface area contributed by atoms with Crippen LogP contribution in [0.5, 0.6) is 0 Å². The summed E-state index contributed by atoms with van der Waals surface area (Å²) in [6.45, 7) is 15.1. The maximum absolute atomic E-state index is 5.42. The van der Waals surface area contributed by atoms with Gasteiger partial charge in [0.1, 0.15) is 0 Å². The van der Waals surface area contributed by atoms with Crippen LogP contribution in [-0.4, -0.2) is 38.3 Å². The van der Waals surface area contributed by atoms with Gasteiger partial charge in [0.2, 0.25) is 0 Å². The molecule has 0 atom stereocenters. The summed E-state index contributed by atoms with van der Waals surface area (Å²) < 4.78 is 5.42. The average molecular weight is 299 g/mol. The minimum absolute atomic E-state index is 0.0836. The topological polar surface area (TPSA) is 37.4 Å². The van der Waals surface area contributed by atoms with Gasteiger partial charge in [0.05, 0.1) is 12.3 Å². The average Bonchev–Trinajstić information content (AvgIpc) is 2.80. The summed E-state index contributed by atoms with van der Waals surface area (Å²) in [5.74, 6) is 0. The van der Waals surface area contributed by atoms with E-state index in [1.807, 2.05) is 6.92 Å². The van der Waals surface area contributed by atoms with Crippen molar-refractivity contribution in [1.29, 1.82) is 0 Å². The number of nitrogens with zero attached hydrogens (tertiary/aromatic N) is 2. The van der Waals surface area contributed by atoms with Gasteiger partial charge in [-0.1, -0.05) is 27.7 Å². The summed E-state index contributed by atoms with van der Waals surface area (Å²) in [6.07, 6.45) is 0. The van der Waals surface area contributed by atoms with Crippen LogP contribution in [-0.2, 0) is 16.7 Å². The fraction of sp³-hybridized carbons (Fsp3) is 0.800. The summed E-state index contributed by atoms with van der Waals surface area (Å²) >= 11 is 1.79. The zero-order valence-corrected chi connectivity index (χ0v) is 14.6. The molecule has 116 valence electrons. The first-order chi connectivity index (χ1) is 9.40. The summed E-state index contributed by atoms with van der Waals surface area (Å²) in [5.41, 5.74) is 1.29. The van der Waals surface area contributed by atoms with Gasteiger partial charge in [-0.25, -0.2) is 4.98 Å². The van der Waals surface area contributed by atoms with Gasteiger partial charge in [0, 0.05) is 37.0 Å². The molecule has 0 bridgehead atoms. The summed E-state index contributed by atoms with van der Waals surface area (Å²) in [4.78, 5) is 8.39. The predicted octanol–water partition coefficient (Wildman–Crippen LogP) is 3.02. The van der Waals surface area contributed by atoms with Crippen LogP contribution < -0.4 is 10.2 Å². The largest absolute Gasteiger partial charge is 0.380 e. The Morgan fingerprint density at radius 1 is 1.30 bits per heavy atom. The Morgan fingerprint density at radius 3 is 2.55 bits per heavy atom. The predicted molar refractivity (Wildman–Crippen MR) is 88.0 cm³/mol. The monoisotopic (exact) mass is 299 g/mol. The molecule has 1 N–H and O–H groups in total. The van der Waals surface area contributed by atoms with Gasteiger partial charge in [-0.15, -0.1) is 11.3 Å². The second kappa shape index (κ2) is 7.96. The van der Waals surface area contributed by atoms with Gasteiger partial charge in [-0.3, -0.25) is 0 Å². The van der Waals surface area contributed by atoms with Gasteiger partial charge in [-0.2, -0.15) is 0 Å². The van der Waals surface area contributed by atoms with Crippen molar-refractivity contribution in [3.8, 4) is 0 Å². The normalized spacial score (nSPS) is 11.9. The first kappa shape index (κ1) is 17.4. The van der Waals surface area contributed by atoms with E-state index in [1.54, 1.807) is 11.3 Å². The van der Waals surface area contributed by atoms with Crippen LogP contribution in [0.4, 0.5) is 5.13 Å². The molecular weight excluding hydrogens is 270 g/mol. The molecule has 20 heavy (non-hydrogen) atoms. The third-order valence-electron chi connectivity index (χ3n) is 3.03. The molecule has 0 aromatic carbocycles. The quantitative estimate of drug-likeness (QED) is 0.749. The van der Waals surface area contributed by atoms with Crippen LogP contribution in [0, 0.1) is 0 Å². The minimum Gasteiger partial charge on any atom is -0.380 e. The highest BCUT2D eigenvalue weighted by atomic mass is 32.1. The zero-order valence-electron chi connectivity index (χ0n) is 13.7. The highest BCUT2D eigenvalue weighted by Crippen LogP contribution is 2.33. The number of aromatic nitrogens is 1. The smallest absolute Gasteiger partial charge is 0.185 e. The lowest BCUT2D eigenvalue weighted by Gasteiger charge is -2.18. The van der Waals surface area contributed by atoms with Gasteiger partial charge in [0.25, 0.3) is 0 Å². The van der Waals surface area contributed by atoms with Crippen molar-refractivity contribution in [2.75, 3.05) is 38.3 Å². The van der Waals surface area contributed by atoms with Gasteiger partial charge >= 0.3 is 0 Å². The molecule has 5 heteroatoms. The molecule has 0 aliphatic carbocycles. The highest BCUT2D eigenvalue weighted by molar-refractivity contribution is 7.15. The lowest BCUT2D eigenvalue weighted by molar-refractivity contribution is 0.154. The first-order valence-electron chi connectivity index (χ1n) is 7.39. The van der Waals surface area contributed by atoms with Crippen LogP contribution >= 0.6 is 11.3 Å². The molecule has 0 aliphatic heterocycles. The lowest BCUT2D eigenvalue weighted by Crippen LogP contribution is -2.23. The molecule has 0 aliphatic rings. The standard InChI is InChI=1S/C15H29N3OS/c1-7-16-11-12-13(15(3,4)5)17-14(20-12)18(6)9-10-19-8-2/h16H,7-11H2,1-6H3. The SMILES string of the molecule is CCNCc1sc(N(C)CCOCC)nc1C(C)(C)C. The maximum Gasteiger partial charge on any atom is 0.185 e. The molecular formula is C15H29N3OS. The highest BCUT2D eigenvalue weighted by Gasteiger charge is 2.24. The number of rotatable bonds is 8. The molecule has 1 rings (SSSR count). The maximum atomic E-state index is 5.42. The number of likely N-dealkylation sites (N-methyl/N-ethyl adjacent to an activating group) is 1. The van der Waals surface area contributed by atoms with Crippen LogP contribution in [0.15, 0.2) is 0 Å². The van der Waals surface area contributed by atoms with E-state index < -0.39 is 0 Å². The van der Waals surface area contributed by atoms with Gasteiger partial charge < -0.3 is 15.0 Å². The minimum atomic E-state index is 0.0836. The fourth-order valence-electron chi connectivity index (χ4n) is 1.89. The number of thiazole rings is 1. The molecule has 0 saturated heterocycles. The Balaban J connectivity index is 2.84. The van der Waals surface area contributed by atoms with E-state index in [0.717, 1.165) is 38.0 Å². The van der Waals surface area contributed by atoms with E-state index in [1.165, 1.54) is 10.6 Å². The summed E-state index contributed by atoms with van der Waals surface area (Å²) in [6, 6.07) is 0. The Kier molecular flexibility index (Phi) is 6.92. The van der Waals surface area contributed by atoms with E-state index in [-0.39, 0.29) is 5.41 Å². The molecule has 4 nitrogen and oxygen atoms in total. The lowest BCUT2D eigenvalue weighted by atomic mass is 9.91. The Morgan fingerprint density at radius 2 is 2.00 bits per heavy atom. The molecule has 0 amide bonds. The van der Waals surface area contributed by atoms with Crippen LogP contribution in [0.1, 0.15) is 45.2 Å². The number of anilines is 1. The Labute approximate surface area is 127 Å². The fourth-order valence-corrected chi connectivity index (χ4v) is 3.12. The molecule has 1 heterocycles. The molecule has 1 aromatic rings. The van der Waals surface area contributed by atoms with Gasteiger partial charge in [0.15, 0.2) is 5.13 Å². The molecule has 1 aromatic heterocycles. The van der Waals surface area contributed by atoms with Crippen molar-refractivity contribution in [2.24, 2.45) is 0 Å². The van der Waals surface area contributed by atoms with Crippen molar-refractivity contribution >= 4 is 16.5 Å².